The first kappa shape index (κ1) is 9.32. The van der Waals surface area contributed by atoms with Crippen molar-refractivity contribution in [1.29, 1.82) is 0 Å². The Morgan fingerprint density at radius 2 is 2.13 bits per heavy atom. The average molecular weight is 204 g/mol. The second-order valence-electron chi connectivity index (χ2n) is 2.82. The molecular formula is C9H8N4O2. The summed E-state index contributed by atoms with van der Waals surface area (Å²) in [4.78, 5) is 19.3. The fourth-order valence-electron chi connectivity index (χ4n) is 1.05. The van der Waals surface area contributed by atoms with Crippen LogP contribution in [0.1, 0.15) is 16.1 Å². The Kier molecular flexibility index (Phi) is 2.40. The van der Waals surface area contributed by atoms with Crippen molar-refractivity contribution in [1.82, 2.24) is 15.1 Å². The molecule has 15 heavy (non-hydrogen) atoms. The third-order valence-electron chi connectivity index (χ3n) is 1.79. The number of hydrogen-bond donors (Lipinski definition) is 1. The smallest absolute Gasteiger partial charge is 0.263 e. The standard InChI is InChI=1S/C9H8N4O2/c1-6-7(5-12-15-6)8(14)13-9-10-3-2-4-11-9/h2-5H,1H3,(H,10,11,13,14). The fraction of sp³-hybridized carbons (Fsp3) is 0.111. The van der Waals surface area contributed by atoms with E-state index < -0.39 is 0 Å². The molecule has 2 heterocycles. The van der Waals surface area contributed by atoms with Crippen LogP contribution in [-0.4, -0.2) is 21.0 Å². The lowest BCUT2D eigenvalue weighted by atomic mass is 10.2. The van der Waals surface area contributed by atoms with Gasteiger partial charge in [0.25, 0.3) is 5.91 Å². The van der Waals surface area contributed by atoms with E-state index in [1.54, 1.807) is 25.4 Å². The topological polar surface area (TPSA) is 80.9 Å². The molecule has 1 N–H and O–H groups in total. The lowest BCUT2D eigenvalue weighted by Gasteiger charge is -1.99. The molecule has 0 spiro atoms. The predicted molar refractivity (Wildman–Crippen MR) is 51.2 cm³/mol. The van der Waals surface area contributed by atoms with E-state index in [1.165, 1.54) is 6.20 Å². The van der Waals surface area contributed by atoms with Gasteiger partial charge in [0.2, 0.25) is 5.95 Å². The van der Waals surface area contributed by atoms with E-state index in [-0.39, 0.29) is 11.9 Å². The number of hydrogen-bond acceptors (Lipinski definition) is 5. The number of anilines is 1. The summed E-state index contributed by atoms with van der Waals surface area (Å²) in [6.07, 6.45) is 4.44. The molecule has 0 saturated heterocycles. The van der Waals surface area contributed by atoms with Gasteiger partial charge in [-0.1, -0.05) is 5.16 Å². The molecule has 6 heteroatoms. The predicted octanol–water partition coefficient (Wildman–Crippen LogP) is 1.03. The zero-order chi connectivity index (χ0) is 10.7. The third kappa shape index (κ3) is 1.98. The number of rotatable bonds is 2. The van der Waals surface area contributed by atoms with Crippen molar-refractivity contribution in [3.8, 4) is 0 Å². The summed E-state index contributed by atoms with van der Waals surface area (Å²) in [5.74, 6) is 0.381. The van der Waals surface area contributed by atoms with Crippen LogP contribution in [-0.2, 0) is 0 Å². The van der Waals surface area contributed by atoms with Crippen molar-refractivity contribution in [3.05, 3.63) is 36.0 Å². The van der Waals surface area contributed by atoms with Gasteiger partial charge in [0.15, 0.2) is 0 Å². The molecule has 0 saturated carbocycles. The van der Waals surface area contributed by atoms with Crippen LogP contribution in [0.3, 0.4) is 0 Å². The van der Waals surface area contributed by atoms with Crippen LogP contribution in [0.4, 0.5) is 5.95 Å². The lowest BCUT2D eigenvalue weighted by molar-refractivity contribution is 0.102. The molecule has 0 radical (unpaired) electrons. The maximum atomic E-state index is 11.6. The Bertz CT molecular complexity index is 466. The van der Waals surface area contributed by atoms with Gasteiger partial charge < -0.3 is 4.52 Å². The van der Waals surface area contributed by atoms with Gasteiger partial charge in [0.05, 0.1) is 6.20 Å². The molecule has 0 fully saturated rings. The van der Waals surface area contributed by atoms with Crippen LogP contribution < -0.4 is 5.32 Å². The van der Waals surface area contributed by atoms with Crippen molar-refractivity contribution in [2.75, 3.05) is 5.32 Å². The number of aromatic nitrogens is 3. The summed E-state index contributed by atoms with van der Waals surface area (Å²) in [5, 5.41) is 6.03. The van der Waals surface area contributed by atoms with E-state index in [2.05, 4.69) is 20.4 Å². The van der Waals surface area contributed by atoms with Gasteiger partial charge >= 0.3 is 0 Å². The van der Waals surface area contributed by atoms with Crippen LogP contribution in [0.2, 0.25) is 0 Å². The second-order valence-corrected chi connectivity index (χ2v) is 2.82. The van der Waals surface area contributed by atoms with Gasteiger partial charge in [-0.2, -0.15) is 0 Å². The van der Waals surface area contributed by atoms with Gasteiger partial charge in [-0.05, 0) is 13.0 Å². The van der Waals surface area contributed by atoms with Crippen LogP contribution >= 0.6 is 0 Å². The molecule has 2 rings (SSSR count). The van der Waals surface area contributed by atoms with E-state index in [4.69, 9.17) is 4.52 Å². The Morgan fingerprint density at radius 1 is 1.40 bits per heavy atom. The molecule has 2 aromatic heterocycles. The van der Waals surface area contributed by atoms with Crippen LogP contribution in [0.25, 0.3) is 0 Å². The molecule has 2 aromatic rings. The summed E-state index contributed by atoms with van der Waals surface area (Å²) in [6.45, 7) is 1.66. The highest BCUT2D eigenvalue weighted by atomic mass is 16.5. The highest BCUT2D eigenvalue weighted by Crippen LogP contribution is 2.07. The maximum absolute atomic E-state index is 11.6. The Balaban J connectivity index is 2.15. The van der Waals surface area contributed by atoms with E-state index >= 15 is 0 Å². The molecule has 0 unspecified atom stereocenters. The molecule has 0 atom stereocenters. The Hall–Kier alpha value is -2.24. The minimum absolute atomic E-state index is 0.253. The van der Waals surface area contributed by atoms with Crippen molar-refractivity contribution in [3.63, 3.8) is 0 Å². The monoisotopic (exact) mass is 204 g/mol. The number of carbonyl (C=O) groups excluding carboxylic acids is 1. The molecule has 0 aromatic carbocycles. The van der Waals surface area contributed by atoms with E-state index in [1.807, 2.05) is 0 Å². The van der Waals surface area contributed by atoms with Crippen molar-refractivity contribution < 1.29 is 9.32 Å². The molecule has 6 nitrogen and oxygen atoms in total. The van der Waals surface area contributed by atoms with Gasteiger partial charge in [-0.15, -0.1) is 0 Å². The highest BCUT2D eigenvalue weighted by molar-refractivity contribution is 6.03. The summed E-state index contributed by atoms with van der Waals surface area (Å²) in [6, 6.07) is 1.67. The third-order valence-corrected chi connectivity index (χ3v) is 1.79. The molecule has 0 aliphatic rings. The van der Waals surface area contributed by atoms with Crippen molar-refractivity contribution >= 4 is 11.9 Å². The Labute approximate surface area is 85.3 Å². The SMILES string of the molecule is Cc1oncc1C(=O)Nc1ncccn1. The van der Waals surface area contributed by atoms with Crippen LogP contribution in [0, 0.1) is 6.92 Å². The summed E-state index contributed by atoms with van der Waals surface area (Å²) < 4.78 is 4.77. The molecule has 0 bridgehead atoms. The average Bonchev–Trinajstić information content (AvgIpc) is 2.66. The molecular weight excluding hydrogens is 196 g/mol. The highest BCUT2D eigenvalue weighted by Gasteiger charge is 2.13. The van der Waals surface area contributed by atoms with E-state index in [0.29, 0.717) is 11.3 Å². The quantitative estimate of drug-likeness (QED) is 0.789. The van der Waals surface area contributed by atoms with Crippen molar-refractivity contribution in [2.45, 2.75) is 6.92 Å². The maximum Gasteiger partial charge on any atom is 0.263 e. The van der Waals surface area contributed by atoms with Crippen LogP contribution in [0.5, 0.6) is 0 Å². The number of carbonyl (C=O) groups is 1. The van der Waals surface area contributed by atoms with Gasteiger partial charge in [0.1, 0.15) is 11.3 Å². The fourth-order valence-corrected chi connectivity index (χ4v) is 1.05. The van der Waals surface area contributed by atoms with Gasteiger partial charge in [-0.25, -0.2) is 9.97 Å². The Morgan fingerprint density at radius 3 is 2.73 bits per heavy atom. The lowest BCUT2D eigenvalue weighted by Crippen LogP contribution is -2.14. The van der Waals surface area contributed by atoms with Crippen molar-refractivity contribution in [2.24, 2.45) is 0 Å². The molecule has 76 valence electrons. The zero-order valence-corrected chi connectivity index (χ0v) is 7.97. The minimum Gasteiger partial charge on any atom is -0.361 e. The number of nitrogens with zero attached hydrogens (tertiary/aromatic N) is 3. The van der Waals surface area contributed by atoms with E-state index in [0.717, 1.165) is 0 Å². The first-order valence-electron chi connectivity index (χ1n) is 4.27. The molecule has 0 aliphatic carbocycles. The minimum atomic E-state index is -0.333. The zero-order valence-electron chi connectivity index (χ0n) is 7.97. The number of nitrogens with one attached hydrogen (secondary N) is 1. The van der Waals surface area contributed by atoms with Gasteiger partial charge in [-0.3, -0.25) is 10.1 Å². The first-order chi connectivity index (χ1) is 7.27. The van der Waals surface area contributed by atoms with E-state index in [9.17, 15) is 4.79 Å². The van der Waals surface area contributed by atoms with Gasteiger partial charge in [0, 0.05) is 12.4 Å². The normalized spacial score (nSPS) is 9.93. The number of aryl methyl sites for hydroxylation is 1. The summed E-state index contributed by atoms with van der Waals surface area (Å²) >= 11 is 0. The molecule has 1 amide bonds. The summed E-state index contributed by atoms with van der Waals surface area (Å²) in [7, 11) is 0. The second kappa shape index (κ2) is 3.87. The molecule has 0 aliphatic heterocycles. The van der Waals surface area contributed by atoms with Crippen LogP contribution in [0.15, 0.2) is 29.2 Å². The first-order valence-corrected chi connectivity index (χ1v) is 4.27. The number of amides is 1. The largest absolute Gasteiger partial charge is 0.361 e. The summed E-state index contributed by atoms with van der Waals surface area (Å²) in [5.41, 5.74) is 0.377.